The lowest BCUT2D eigenvalue weighted by atomic mass is 10.1. The Balaban J connectivity index is 2.55. The van der Waals surface area contributed by atoms with Crippen molar-refractivity contribution in [3.05, 3.63) is 34.1 Å². The summed E-state index contributed by atoms with van der Waals surface area (Å²) in [5.74, 6) is -1.89. The van der Waals surface area contributed by atoms with Crippen LogP contribution in [-0.2, 0) is 17.2 Å². The van der Waals surface area contributed by atoms with E-state index >= 15 is 0 Å². The molecule has 0 fully saturated rings. The largest absolute Gasteiger partial charge is 0.493 e. The second kappa shape index (κ2) is 9.00. The number of hydrogen-bond acceptors (Lipinski definition) is 6. The van der Waals surface area contributed by atoms with Crippen LogP contribution in [0.1, 0.15) is 44.0 Å². The number of benzene rings is 1. The van der Waals surface area contributed by atoms with Gasteiger partial charge < -0.3 is 18.8 Å². The molecular formula is C20H25F3N2O6S. The third kappa shape index (κ3) is 6.38. The molecule has 2 aromatic rings. The zero-order valence-electron chi connectivity index (χ0n) is 18.3. The van der Waals surface area contributed by atoms with Crippen molar-refractivity contribution in [1.29, 1.82) is 0 Å². The van der Waals surface area contributed by atoms with Gasteiger partial charge in [0.05, 0.1) is 18.4 Å². The topological polar surface area (TPSA) is 104 Å². The number of methoxy groups -OCH3 is 1. The first kappa shape index (κ1) is 25.5. The Morgan fingerprint density at radius 3 is 2.34 bits per heavy atom. The molecule has 0 unspecified atom stereocenters. The number of halogens is 3. The Morgan fingerprint density at radius 1 is 1.19 bits per heavy atom. The first-order valence-corrected chi connectivity index (χ1v) is 11.1. The summed E-state index contributed by atoms with van der Waals surface area (Å²) in [5, 5.41) is 2.98. The summed E-state index contributed by atoms with van der Waals surface area (Å²) in [6.45, 7) is 5.24. The van der Waals surface area contributed by atoms with Crippen molar-refractivity contribution in [2.75, 3.05) is 12.9 Å². The summed E-state index contributed by atoms with van der Waals surface area (Å²) in [7, 11) is -1.87. The molecule has 178 valence electrons. The van der Waals surface area contributed by atoms with Gasteiger partial charge in [-0.15, -0.1) is 0 Å². The molecule has 8 nitrogen and oxygen atoms in total. The zero-order chi connectivity index (χ0) is 24.5. The highest BCUT2D eigenvalue weighted by atomic mass is 32.2. The number of nitrogens with one attached hydrogen (secondary N) is 1. The van der Waals surface area contributed by atoms with E-state index in [2.05, 4.69) is 5.32 Å². The van der Waals surface area contributed by atoms with Gasteiger partial charge in [0.1, 0.15) is 5.56 Å². The average Bonchev–Trinajstić information content (AvgIpc) is 2.61. The molecule has 1 N–H and O–H groups in total. The lowest BCUT2D eigenvalue weighted by Crippen LogP contribution is -2.43. The number of carbonyl (C=O) groups excluding carboxylic acids is 1. The van der Waals surface area contributed by atoms with Crippen molar-refractivity contribution < 1.29 is 35.3 Å². The van der Waals surface area contributed by atoms with Gasteiger partial charge in [-0.1, -0.05) is 0 Å². The van der Waals surface area contributed by atoms with Crippen molar-refractivity contribution in [2.24, 2.45) is 7.05 Å². The smallest absolute Gasteiger partial charge is 0.389 e. The molecule has 0 aliphatic rings. The summed E-state index contributed by atoms with van der Waals surface area (Å²) in [4.78, 5) is 25.4. The van der Waals surface area contributed by atoms with Crippen LogP contribution in [0.2, 0.25) is 0 Å². The Bertz CT molecular complexity index is 1180. The number of carbonyl (C=O) groups is 1. The lowest BCUT2D eigenvalue weighted by Gasteiger charge is -2.21. The van der Waals surface area contributed by atoms with Crippen LogP contribution in [0.4, 0.5) is 13.2 Å². The van der Waals surface area contributed by atoms with Gasteiger partial charge in [0.2, 0.25) is 5.75 Å². The van der Waals surface area contributed by atoms with E-state index in [1.54, 1.807) is 20.8 Å². The van der Waals surface area contributed by atoms with Gasteiger partial charge in [0, 0.05) is 24.4 Å². The standard InChI is InChI=1S/C20H25F3N2O6S/c1-19(2,3)24-17(26)13-11-12-7-8-14(30-5)16(15(12)25(4)18(13)27)31-32(28,29)10-6-9-20(21,22)23/h7-8,11H,6,9-10H2,1-5H3,(H,24,26). The number of pyridine rings is 1. The van der Waals surface area contributed by atoms with Crippen LogP contribution in [0.25, 0.3) is 10.9 Å². The number of amides is 1. The Morgan fingerprint density at radius 2 is 1.81 bits per heavy atom. The second-order valence-electron chi connectivity index (χ2n) is 8.22. The van der Waals surface area contributed by atoms with E-state index in [1.807, 2.05) is 0 Å². The van der Waals surface area contributed by atoms with E-state index < -0.39 is 51.9 Å². The van der Waals surface area contributed by atoms with Crippen LogP contribution in [0.5, 0.6) is 11.5 Å². The van der Waals surface area contributed by atoms with Crippen LogP contribution < -0.4 is 19.8 Å². The number of fused-ring (bicyclic) bond motifs is 1. The fourth-order valence-corrected chi connectivity index (χ4v) is 3.96. The zero-order valence-corrected chi connectivity index (χ0v) is 19.1. The minimum atomic E-state index is -4.50. The van der Waals surface area contributed by atoms with Crippen LogP contribution in [-0.4, -0.2) is 43.5 Å². The van der Waals surface area contributed by atoms with Gasteiger partial charge >= 0.3 is 16.3 Å². The number of nitrogens with zero attached hydrogens (tertiary/aromatic N) is 1. The van der Waals surface area contributed by atoms with Gasteiger partial charge in [0.25, 0.3) is 11.5 Å². The van der Waals surface area contributed by atoms with Crippen molar-refractivity contribution in [3.8, 4) is 11.5 Å². The highest BCUT2D eigenvalue weighted by Crippen LogP contribution is 2.36. The molecule has 12 heteroatoms. The number of aryl methyl sites for hydroxylation is 1. The number of aromatic nitrogens is 1. The molecule has 1 aromatic heterocycles. The Labute approximate surface area is 183 Å². The molecule has 0 saturated carbocycles. The predicted octanol–water partition coefficient (Wildman–Crippen LogP) is 3.13. The number of rotatable bonds is 7. The highest BCUT2D eigenvalue weighted by molar-refractivity contribution is 7.87. The van der Waals surface area contributed by atoms with Gasteiger partial charge in [-0.2, -0.15) is 21.6 Å². The average molecular weight is 478 g/mol. The molecule has 1 amide bonds. The summed E-state index contributed by atoms with van der Waals surface area (Å²) >= 11 is 0. The maximum Gasteiger partial charge on any atom is 0.389 e. The molecule has 1 heterocycles. The van der Waals surface area contributed by atoms with Gasteiger partial charge in [-0.25, -0.2) is 0 Å². The lowest BCUT2D eigenvalue weighted by molar-refractivity contribution is -0.134. The Hall–Kier alpha value is -2.76. The molecule has 0 radical (unpaired) electrons. The van der Waals surface area contributed by atoms with E-state index in [0.717, 1.165) is 4.57 Å². The maximum atomic E-state index is 12.8. The molecule has 1 aromatic carbocycles. The van der Waals surface area contributed by atoms with Gasteiger partial charge in [0.15, 0.2) is 5.75 Å². The first-order valence-electron chi connectivity index (χ1n) is 9.57. The predicted molar refractivity (Wildman–Crippen MR) is 113 cm³/mol. The third-order valence-electron chi connectivity index (χ3n) is 4.31. The number of hydrogen-bond donors (Lipinski definition) is 1. The van der Waals surface area contributed by atoms with Crippen LogP contribution >= 0.6 is 0 Å². The Kier molecular flexibility index (Phi) is 7.18. The SMILES string of the molecule is COc1ccc2cc(C(=O)NC(C)(C)C)c(=O)n(C)c2c1OS(=O)(=O)CCCC(F)(F)F. The van der Waals surface area contributed by atoms with Crippen LogP contribution in [0.15, 0.2) is 23.0 Å². The van der Waals surface area contributed by atoms with E-state index in [-0.39, 0.29) is 22.6 Å². The minimum absolute atomic E-state index is 0.0149. The quantitative estimate of drug-likeness (QED) is 0.614. The summed E-state index contributed by atoms with van der Waals surface area (Å²) in [6, 6.07) is 4.17. The van der Waals surface area contributed by atoms with E-state index in [1.165, 1.54) is 32.4 Å². The van der Waals surface area contributed by atoms with Gasteiger partial charge in [-0.05, 0) is 45.4 Å². The van der Waals surface area contributed by atoms with Crippen LogP contribution in [0, 0.1) is 0 Å². The van der Waals surface area contributed by atoms with Crippen molar-refractivity contribution >= 4 is 26.9 Å². The minimum Gasteiger partial charge on any atom is -0.493 e. The van der Waals surface area contributed by atoms with Crippen molar-refractivity contribution in [2.45, 2.75) is 45.3 Å². The summed E-state index contributed by atoms with van der Waals surface area (Å²) in [6.07, 6.45) is -6.47. The molecule has 32 heavy (non-hydrogen) atoms. The maximum absolute atomic E-state index is 12.8. The molecule has 2 rings (SSSR count). The highest BCUT2D eigenvalue weighted by Gasteiger charge is 2.29. The van der Waals surface area contributed by atoms with E-state index in [9.17, 15) is 31.2 Å². The molecule has 0 bridgehead atoms. The van der Waals surface area contributed by atoms with Gasteiger partial charge in [-0.3, -0.25) is 9.59 Å². The molecular weight excluding hydrogens is 453 g/mol. The van der Waals surface area contributed by atoms with E-state index in [4.69, 9.17) is 8.92 Å². The van der Waals surface area contributed by atoms with Crippen molar-refractivity contribution in [3.63, 3.8) is 0 Å². The summed E-state index contributed by atoms with van der Waals surface area (Å²) in [5.41, 5.74) is -1.47. The second-order valence-corrected chi connectivity index (χ2v) is 9.92. The fourth-order valence-electron chi connectivity index (χ4n) is 2.96. The molecule has 0 aliphatic heterocycles. The normalized spacial score (nSPS) is 12.6. The van der Waals surface area contributed by atoms with Crippen molar-refractivity contribution in [1.82, 2.24) is 9.88 Å². The first-order chi connectivity index (χ1) is 14.5. The molecule has 0 aliphatic carbocycles. The monoisotopic (exact) mass is 478 g/mol. The summed E-state index contributed by atoms with van der Waals surface area (Å²) < 4.78 is 73.0. The fraction of sp³-hybridized carbons (Fsp3) is 0.500. The number of alkyl halides is 3. The molecule has 0 spiro atoms. The van der Waals surface area contributed by atoms with E-state index in [0.29, 0.717) is 5.39 Å². The molecule has 0 atom stereocenters. The third-order valence-corrected chi connectivity index (χ3v) is 5.52. The molecule has 0 saturated heterocycles. The van der Waals surface area contributed by atoms with Crippen LogP contribution in [0.3, 0.4) is 0 Å². The number of ether oxygens (including phenoxy) is 1.